The average molecular weight is 294 g/mol. The molecule has 2 rings (SSSR count). The van der Waals surface area contributed by atoms with Crippen molar-refractivity contribution in [2.75, 3.05) is 11.9 Å². The summed E-state index contributed by atoms with van der Waals surface area (Å²) in [6.45, 7) is 1.03. The van der Waals surface area contributed by atoms with Crippen LogP contribution in [-0.4, -0.2) is 16.1 Å². The average Bonchev–Trinajstić information content (AvgIpc) is 2.95. The predicted octanol–water partition coefficient (Wildman–Crippen LogP) is 3.28. The van der Waals surface area contributed by atoms with Crippen molar-refractivity contribution in [1.82, 2.24) is 9.55 Å². The number of alkyl halides is 3. The van der Waals surface area contributed by atoms with Crippen molar-refractivity contribution in [2.24, 2.45) is 0 Å². The van der Waals surface area contributed by atoms with Crippen LogP contribution in [0.2, 0.25) is 0 Å². The molecule has 21 heavy (non-hydrogen) atoms. The minimum atomic E-state index is -4.44. The lowest BCUT2D eigenvalue weighted by Crippen LogP contribution is -2.13. The smallest absolute Gasteiger partial charge is 0.384 e. The van der Waals surface area contributed by atoms with Crippen LogP contribution in [0.5, 0.6) is 0 Å². The molecule has 0 unspecified atom stereocenters. The van der Waals surface area contributed by atoms with Crippen LogP contribution in [0.15, 0.2) is 36.9 Å². The fourth-order valence-corrected chi connectivity index (χ4v) is 1.91. The lowest BCUT2D eigenvalue weighted by atomic mass is 10.1. The van der Waals surface area contributed by atoms with Gasteiger partial charge in [-0.05, 0) is 24.6 Å². The molecule has 0 saturated carbocycles. The summed E-state index contributed by atoms with van der Waals surface area (Å²) in [6, 6.07) is 5.15. The largest absolute Gasteiger partial charge is 0.418 e. The van der Waals surface area contributed by atoms with Crippen LogP contribution in [0.25, 0.3) is 0 Å². The highest BCUT2D eigenvalue weighted by Crippen LogP contribution is 2.35. The highest BCUT2D eigenvalue weighted by Gasteiger charge is 2.33. The molecule has 0 saturated heterocycles. The molecule has 1 aromatic heterocycles. The second-order valence-electron chi connectivity index (χ2n) is 4.45. The maximum absolute atomic E-state index is 12.9. The summed E-state index contributed by atoms with van der Waals surface area (Å²) in [5.74, 6) is 0. The van der Waals surface area contributed by atoms with E-state index in [1.807, 2.05) is 10.6 Å². The molecule has 0 aliphatic rings. The number of aryl methyl sites for hydroxylation is 1. The summed E-state index contributed by atoms with van der Waals surface area (Å²) in [7, 11) is 0. The van der Waals surface area contributed by atoms with Gasteiger partial charge in [0.05, 0.1) is 23.5 Å². The van der Waals surface area contributed by atoms with Crippen LogP contribution < -0.4 is 5.32 Å². The molecule has 0 amide bonds. The van der Waals surface area contributed by atoms with E-state index in [0.717, 1.165) is 6.07 Å². The van der Waals surface area contributed by atoms with Crippen molar-refractivity contribution in [3.8, 4) is 6.07 Å². The van der Waals surface area contributed by atoms with Crippen molar-refractivity contribution in [3.05, 3.63) is 48.0 Å². The van der Waals surface area contributed by atoms with E-state index in [0.29, 0.717) is 19.5 Å². The number of rotatable bonds is 5. The van der Waals surface area contributed by atoms with E-state index in [1.54, 1.807) is 18.7 Å². The highest BCUT2D eigenvalue weighted by molar-refractivity contribution is 5.56. The molecule has 0 aliphatic heterocycles. The minimum absolute atomic E-state index is 0.0628. The molecule has 0 bridgehead atoms. The Morgan fingerprint density at radius 1 is 1.33 bits per heavy atom. The molecule has 0 spiro atoms. The molecule has 0 fully saturated rings. The van der Waals surface area contributed by atoms with Crippen LogP contribution in [0.1, 0.15) is 17.5 Å². The number of benzene rings is 1. The summed E-state index contributed by atoms with van der Waals surface area (Å²) >= 11 is 0. The van der Waals surface area contributed by atoms with Gasteiger partial charge in [0.25, 0.3) is 0 Å². The van der Waals surface area contributed by atoms with Crippen LogP contribution in [0.3, 0.4) is 0 Å². The summed E-state index contributed by atoms with van der Waals surface area (Å²) in [5.41, 5.74) is -0.628. The topological polar surface area (TPSA) is 53.6 Å². The number of anilines is 1. The normalized spacial score (nSPS) is 11.1. The molecule has 4 nitrogen and oxygen atoms in total. The fraction of sp³-hybridized carbons (Fsp3) is 0.286. The van der Waals surface area contributed by atoms with E-state index < -0.39 is 11.7 Å². The third-order valence-corrected chi connectivity index (χ3v) is 2.92. The Labute approximate surface area is 119 Å². The second-order valence-corrected chi connectivity index (χ2v) is 4.45. The lowest BCUT2D eigenvalue weighted by Gasteiger charge is -2.15. The first-order valence-corrected chi connectivity index (χ1v) is 6.31. The number of nitrogens with zero attached hydrogens (tertiary/aromatic N) is 3. The van der Waals surface area contributed by atoms with E-state index in [2.05, 4.69) is 10.3 Å². The fourth-order valence-electron chi connectivity index (χ4n) is 1.91. The zero-order valence-corrected chi connectivity index (χ0v) is 11.1. The number of nitrogens with one attached hydrogen (secondary N) is 1. The van der Waals surface area contributed by atoms with Crippen molar-refractivity contribution in [1.29, 1.82) is 5.26 Å². The number of aromatic nitrogens is 2. The van der Waals surface area contributed by atoms with E-state index in [9.17, 15) is 13.2 Å². The quantitative estimate of drug-likeness (QED) is 0.861. The van der Waals surface area contributed by atoms with Gasteiger partial charge in [-0.25, -0.2) is 4.98 Å². The zero-order valence-electron chi connectivity index (χ0n) is 11.1. The number of nitriles is 1. The van der Waals surface area contributed by atoms with Gasteiger partial charge in [0.1, 0.15) is 0 Å². The number of imidazole rings is 1. The maximum atomic E-state index is 12.9. The SMILES string of the molecule is N#Cc1ccc(C(F)(F)F)c(NCCCn2ccnc2)c1. The molecule has 1 N–H and O–H groups in total. The predicted molar refractivity (Wildman–Crippen MR) is 71.5 cm³/mol. The molecular weight excluding hydrogens is 281 g/mol. The van der Waals surface area contributed by atoms with Crippen molar-refractivity contribution >= 4 is 5.69 Å². The summed E-state index contributed by atoms with van der Waals surface area (Å²) in [6.07, 6.45) is 1.28. The van der Waals surface area contributed by atoms with Gasteiger partial charge in [0, 0.05) is 31.2 Å². The molecule has 0 radical (unpaired) electrons. The zero-order chi connectivity index (χ0) is 15.3. The van der Waals surface area contributed by atoms with Gasteiger partial charge in [0.2, 0.25) is 0 Å². The number of halogens is 3. The Kier molecular flexibility index (Phi) is 4.48. The van der Waals surface area contributed by atoms with Crippen molar-refractivity contribution < 1.29 is 13.2 Å². The Bertz CT molecular complexity index is 627. The third kappa shape index (κ3) is 3.99. The summed E-state index contributed by atoms with van der Waals surface area (Å²) in [4.78, 5) is 3.89. The summed E-state index contributed by atoms with van der Waals surface area (Å²) < 4.78 is 40.5. The summed E-state index contributed by atoms with van der Waals surface area (Å²) in [5, 5.41) is 11.5. The molecule has 0 atom stereocenters. The van der Waals surface area contributed by atoms with Gasteiger partial charge in [-0.1, -0.05) is 0 Å². The van der Waals surface area contributed by atoms with Gasteiger partial charge in [-0.3, -0.25) is 0 Å². The first-order valence-electron chi connectivity index (χ1n) is 6.31. The molecule has 7 heteroatoms. The Morgan fingerprint density at radius 3 is 2.76 bits per heavy atom. The van der Waals surface area contributed by atoms with E-state index in [-0.39, 0.29) is 11.3 Å². The molecule has 1 aromatic carbocycles. The van der Waals surface area contributed by atoms with Gasteiger partial charge >= 0.3 is 6.18 Å². The molecule has 1 heterocycles. The highest BCUT2D eigenvalue weighted by atomic mass is 19.4. The van der Waals surface area contributed by atoms with Gasteiger partial charge in [0.15, 0.2) is 0 Å². The molecular formula is C14H13F3N4. The molecule has 0 aliphatic carbocycles. The van der Waals surface area contributed by atoms with E-state index >= 15 is 0 Å². The molecule has 110 valence electrons. The van der Waals surface area contributed by atoms with Crippen LogP contribution in [0.4, 0.5) is 18.9 Å². The Morgan fingerprint density at radius 2 is 2.14 bits per heavy atom. The van der Waals surface area contributed by atoms with Crippen LogP contribution in [0, 0.1) is 11.3 Å². The third-order valence-electron chi connectivity index (χ3n) is 2.92. The lowest BCUT2D eigenvalue weighted by molar-refractivity contribution is -0.136. The van der Waals surface area contributed by atoms with Crippen molar-refractivity contribution in [3.63, 3.8) is 0 Å². The Balaban J connectivity index is 2.02. The van der Waals surface area contributed by atoms with Crippen LogP contribution in [-0.2, 0) is 12.7 Å². The standard InChI is InChI=1S/C14H13F3N4/c15-14(16,17)12-3-2-11(9-18)8-13(12)20-4-1-6-21-7-5-19-10-21/h2-3,5,7-8,10,20H,1,4,6H2. The first kappa shape index (κ1) is 14.9. The minimum Gasteiger partial charge on any atom is -0.384 e. The van der Waals surface area contributed by atoms with E-state index in [4.69, 9.17) is 5.26 Å². The first-order chi connectivity index (χ1) is 10.0. The van der Waals surface area contributed by atoms with Gasteiger partial charge in [-0.15, -0.1) is 0 Å². The van der Waals surface area contributed by atoms with Crippen molar-refractivity contribution in [2.45, 2.75) is 19.1 Å². The van der Waals surface area contributed by atoms with Crippen LogP contribution >= 0.6 is 0 Å². The van der Waals surface area contributed by atoms with Gasteiger partial charge < -0.3 is 9.88 Å². The van der Waals surface area contributed by atoms with Gasteiger partial charge in [-0.2, -0.15) is 18.4 Å². The Hall–Kier alpha value is -2.49. The molecule has 2 aromatic rings. The van der Waals surface area contributed by atoms with E-state index in [1.165, 1.54) is 12.1 Å². The number of hydrogen-bond donors (Lipinski definition) is 1. The second kappa shape index (κ2) is 6.31. The monoisotopic (exact) mass is 294 g/mol. The maximum Gasteiger partial charge on any atom is 0.418 e. The number of hydrogen-bond acceptors (Lipinski definition) is 3.